The summed E-state index contributed by atoms with van der Waals surface area (Å²) in [7, 11) is 3.78. The van der Waals surface area contributed by atoms with E-state index in [4.69, 9.17) is 4.74 Å². The molecule has 0 unspecified atom stereocenters. The lowest BCUT2D eigenvalue weighted by Gasteiger charge is -2.49. The van der Waals surface area contributed by atoms with Crippen LogP contribution in [-0.4, -0.2) is 79.4 Å². The summed E-state index contributed by atoms with van der Waals surface area (Å²) in [5.41, 5.74) is 1.89. The molecule has 29 heavy (non-hydrogen) atoms. The predicted octanol–water partition coefficient (Wildman–Crippen LogP) is 2.55. The van der Waals surface area contributed by atoms with Crippen molar-refractivity contribution in [2.75, 3.05) is 46.9 Å². The fourth-order valence-electron chi connectivity index (χ4n) is 5.33. The van der Waals surface area contributed by atoms with Gasteiger partial charge in [-0.15, -0.1) is 0 Å². The molecule has 6 nitrogen and oxygen atoms in total. The number of nitrogens with zero attached hydrogens (tertiary/aromatic N) is 3. The third kappa shape index (κ3) is 4.00. The molecule has 1 aromatic carbocycles. The molecule has 1 aromatic rings. The maximum absolute atomic E-state index is 13.0. The summed E-state index contributed by atoms with van der Waals surface area (Å²) in [6, 6.07) is 6.02. The number of hydrogen-bond acceptors (Lipinski definition) is 4. The lowest BCUT2D eigenvalue weighted by Crippen LogP contribution is -2.55. The second-order valence-corrected chi connectivity index (χ2v) is 9.20. The first-order chi connectivity index (χ1) is 13.9. The van der Waals surface area contributed by atoms with Gasteiger partial charge in [0.05, 0.1) is 7.11 Å². The van der Waals surface area contributed by atoms with E-state index in [1.807, 2.05) is 30.0 Å². The van der Waals surface area contributed by atoms with Gasteiger partial charge in [-0.3, -0.25) is 9.59 Å². The van der Waals surface area contributed by atoms with Crippen LogP contribution in [0, 0.1) is 12.3 Å². The number of ether oxygens (including phenoxy) is 1. The first-order valence-corrected chi connectivity index (χ1v) is 10.8. The van der Waals surface area contributed by atoms with Crippen molar-refractivity contribution in [1.82, 2.24) is 14.7 Å². The fraction of sp³-hybridized carbons (Fsp3) is 0.652. The Morgan fingerprint density at radius 2 is 1.93 bits per heavy atom. The highest BCUT2D eigenvalue weighted by atomic mass is 16.5. The van der Waals surface area contributed by atoms with Crippen molar-refractivity contribution in [2.24, 2.45) is 5.41 Å². The van der Waals surface area contributed by atoms with Crippen molar-refractivity contribution in [3.8, 4) is 5.75 Å². The predicted molar refractivity (Wildman–Crippen MR) is 112 cm³/mol. The number of carbonyl (C=O) groups excluding carboxylic acids is 2. The summed E-state index contributed by atoms with van der Waals surface area (Å²) in [5, 5.41) is 0. The molecule has 0 saturated carbocycles. The Bertz CT molecular complexity index is 786. The Morgan fingerprint density at radius 3 is 2.55 bits per heavy atom. The summed E-state index contributed by atoms with van der Waals surface area (Å²) in [6.45, 7) is 6.45. The highest BCUT2D eigenvalue weighted by molar-refractivity contribution is 5.94. The lowest BCUT2D eigenvalue weighted by atomic mass is 9.72. The quantitative estimate of drug-likeness (QED) is 0.784. The van der Waals surface area contributed by atoms with Crippen molar-refractivity contribution in [1.29, 1.82) is 0 Å². The SMILES string of the molecule is COc1ccc(C(=O)N2CCC3(CCC(=O)N([C@H]4CCN(C)C4)C3)CC2)cc1C. The topological polar surface area (TPSA) is 53.1 Å². The van der Waals surface area contributed by atoms with Gasteiger partial charge in [-0.2, -0.15) is 0 Å². The van der Waals surface area contributed by atoms with Crippen LogP contribution in [0.15, 0.2) is 18.2 Å². The second-order valence-electron chi connectivity index (χ2n) is 9.20. The van der Waals surface area contributed by atoms with Crippen molar-refractivity contribution in [3.05, 3.63) is 29.3 Å². The molecular weight excluding hydrogens is 366 g/mol. The molecule has 0 aliphatic carbocycles. The van der Waals surface area contributed by atoms with E-state index in [9.17, 15) is 9.59 Å². The average molecular weight is 400 g/mol. The highest BCUT2D eigenvalue weighted by Crippen LogP contribution is 2.41. The smallest absolute Gasteiger partial charge is 0.253 e. The molecule has 3 saturated heterocycles. The summed E-state index contributed by atoms with van der Waals surface area (Å²) < 4.78 is 5.31. The average Bonchev–Trinajstić information content (AvgIpc) is 3.16. The fourth-order valence-corrected chi connectivity index (χ4v) is 5.33. The molecule has 6 heteroatoms. The highest BCUT2D eigenvalue weighted by Gasteiger charge is 2.44. The standard InChI is InChI=1S/C23H33N3O3/c1-17-14-18(4-5-20(17)29-3)22(28)25-12-9-23(10-13-25)8-6-21(27)26(16-23)19-7-11-24(2)15-19/h4-5,14,19H,6-13,15-16H2,1-3H3/t19-/m0/s1. The third-order valence-electron chi connectivity index (χ3n) is 7.26. The molecule has 3 fully saturated rings. The van der Waals surface area contributed by atoms with E-state index in [-0.39, 0.29) is 11.3 Å². The number of likely N-dealkylation sites (tertiary alicyclic amines) is 3. The van der Waals surface area contributed by atoms with Crippen LogP contribution in [0.4, 0.5) is 0 Å². The Hall–Kier alpha value is -2.08. The minimum atomic E-state index is 0.103. The molecule has 0 radical (unpaired) electrons. The summed E-state index contributed by atoms with van der Waals surface area (Å²) in [5.74, 6) is 1.23. The van der Waals surface area contributed by atoms with Crippen molar-refractivity contribution < 1.29 is 14.3 Å². The first kappa shape index (κ1) is 20.2. The minimum Gasteiger partial charge on any atom is -0.496 e. The van der Waals surface area contributed by atoms with E-state index in [0.717, 1.165) is 75.3 Å². The van der Waals surface area contributed by atoms with Crippen molar-refractivity contribution in [3.63, 3.8) is 0 Å². The number of carbonyl (C=O) groups is 2. The number of methoxy groups -OCH3 is 1. The number of benzene rings is 1. The van der Waals surface area contributed by atoms with Gasteiger partial charge in [-0.1, -0.05) is 0 Å². The van der Waals surface area contributed by atoms with Gasteiger partial charge < -0.3 is 19.4 Å². The summed E-state index contributed by atoms with van der Waals surface area (Å²) in [4.78, 5) is 32.1. The molecule has 3 heterocycles. The lowest BCUT2D eigenvalue weighted by molar-refractivity contribution is -0.141. The van der Waals surface area contributed by atoms with Crippen molar-refractivity contribution >= 4 is 11.8 Å². The molecular formula is C23H33N3O3. The zero-order valence-corrected chi connectivity index (χ0v) is 17.9. The Labute approximate surface area is 173 Å². The van der Waals surface area contributed by atoms with Crippen LogP contribution < -0.4 is 4.74 Å². The molecule has 1 atom stereocenters. The van der Waals surface area contributed by atoms with Gasteiger partial charge in [0.15, 0.2) is 0 Å². The minimum absolute atomic E-state index is 0.103. The van der Waals surface area contributed by atoms with Crippen LogP contribution in [0.2, 0.25) is 0 Å². The maximum atomic E-state index is 13.0. The van der Waals surface area contributed by atoms with Gasteiger partial charge in [0, 0.05) is 44.2 Å². The molecule has 1 spiro atoms. The van der Waals surface area contributed by atoms with E-state index in [1.54, 1.807) is 7.11 Å². The number of aryl methyl sites for hydroxylation is 1. The van der Waals surface area contributed by atoms with Crippen molar-refractivity contribution in [2.45, 2.75) is 45.1 Å². The molecule has 0 bridgehead atoms. The molecule has 3 aliphatic heterocycles. The summed E-state index contributed by atoms with van der Waals surface area (Å²) >= 11 is 0. The van der Waals surface area contributed by atoms with Gasteiger partial charge in [-0.25, -0.2) is 0 Å². The number of piperidine rings is 2. The molecule has 158 valence electrons. The Morgan fingerprint density at radius 1 is 1.17 bits per heavy atom. The molecule has 3 aliphatic rings. The van der Waals surface area contributed by atoms with Crippen LogP contribution in [0.5, 0.6) is 5.75 Å². The van der Waals surface area contributed by atoms with Crippen LogP contribution in [0.1, 0.15) is 48.0 Å². The number of hydrogen-bond donors (Lipinski definition) is 0. The number of likely N-dealkylation sites (N-methyl/N-ethyl adjacent to an activating group) is 1. The molecule has 2 amide bonds. The number of rotatable bonds is 3. The van der Waals surface area contributed by atoms with Gasteiger partial charge >= 0.3 is 0 Å². The van der Waals surface area contributed by atoms with E-state index in [2.05, 4.69) is 16.8 Å². The van der Waals surface area contributed by atoms with Gasteiger partial charge in [0.2, 0.25) is 5.91 Å². The zero-order valence-electron chi connectivity index (χ0n) is 17.9. The monoisotopic (exact) mass is 399 g/mol. The first-order valence-electron chi connectivity index (χ1n) is 10.8. The number of amides is 2. The Kier molecular flexibility index (Phi) is 5.56. The van der Waals surface area contributed by atoms with Gasteiger partial charge in [0.25, 0.3) is 5.91 Å². The van der Waals surface area contributed by atoms with Crippen LogP contribution >= 0.6 is 0 Å². The third-order valence-corrected chi connectivity index (χ3v) is 7.26. The second kappa shape index (κ2) is 7.98. The Balaban J connectivity index is 1.40. The molecule has 0 aromatic heterocycles. The maximum Gasteiger partial charge on any atom is 0.253 e. The van der Waals surface area contributed by atoms with Crippen LogP contribution in [0.3, 0.4) is 0 Å². The molecule has 4 rings (SSSR count). The van der Waals surface area contributed by atoms with E-state index in [0.29, 0.717) is 18.4 Å². The van der Waals surface area contributed by atoms with Crippen LogP contribution in [-0.2, 0) is 4.79 Å². The normalized spacial score (nSPS) is 24.9. The van der Waals surface area contributed by atoms with Crippen LogP contribution in [0.25, 0.3) is 0 Å². The molecule has 0 N–H and O–H groups in total. The van der Waals surface area contributed by atoms with Gasteiger partial charge in [0.1, 0.15) is 5.75 Å². The summed E-state index contributed by atoms with van der Waals surface area (Å²) in [6.07, 6.45) is 4.68. The zero-order chi connectivity index (χ0) is 20.6. The van der Waals surface area contributed by atoms with E-state index < -0.39 is 0 Å². The largest absolute Gasteiger partial charge is 0.496 e. The van der Waals surface area contributed by atoms with E-state index >= 15 is 0 Å². The van der Waals surface area contributed by atoms with E-state index in [1.165, 1.54) is 0 Å². The van der Waals surface area contributed by atoms with Gasteiger partial charge in [-0.05, 0) is 75.4 Å².